The molecule has 0 unspecified atom stereocenters. The zero-order valence-electron chi connectivity index (χ0n) is 11.5. The minimum atomic E-state index is -0.00679. The SMILES string of the molecule is COc1ccc(-n2ccc3cc(C)ccc3c2=O)cc1. The second-order valence-electron chi connectivity index (χ2n) is 4.78. The van der Waals surface area contributed by atoms with Crippen LogP contribution in [0.1, 0.15) is 5.56 Å². The van der Waals surface area contributed by atoms with Crippen LogP contribution in [0.2, 0.25) is 0 Å². The lowest BCUT2D eigenvalue weighted by Crippen LogP contribution is -2.17. The number of hydrogen-bond donors (Lipinski definition) is 0. The zero-order chi connectivity index (χ0) is 14.1. The van der Waals surface area contributed by atoms with E-state index in [0.29, 0.717) is 0 Å². The van der Waals surface area contributed by atoms with Crippen molar-refractivity contribution in [3.05, 3.63) is 70.6 Å². The smallest absolute Gasteiger partial charge is 0.262 e. The second-order valence-corrected chi connectivity index (χ2v) is 4.78. The lowest BCUT2D eigenvalue weighted by atomic mass is 10.1. The van der Waals surface area contributed by atoms with Crippen molar-refractivity contribution < 1.29 is 4.74 Å². The standard InChI is InChI=1S/C17H15NO2/c1-12-3-8-16-13(11-12)9-10-18(17(16)19)14-4-6-15(20-2)7-5-14/h3-11H,1-2H3. The molecule has 2 aromatic carbocycles. The summed E-state index contributed by atoms with van der Waals surface area (Å²) in [6.45, 7) is 2.02. The van der Waals surface area contributed by atoms with Gasteiger partial charge in [-0.25, -0.2) is 0 Å². The van der Waals surface area contributed by atoms with E-state index in [0.717, 1.165) is 27.8 Å². The maximum atomic E-state index is 12.5. The first-order valence-electron chi connectivity index (χ1n) is 6.45. The topological polar surface area (TPSA) is 31.2 Å². The molecule has 0 bridgehead atoms. The van der Waals surface area contributed by atoms with Gasteiger partial charge in [-0.2, -0.15) is 0 Å². The zero-order valence-corrected chi connectivity index (χ0v) is 11.5. The molecule has 0 amide bonds. The summed E-state index contributed by atoms with van der Waals surface area (Å²) in [5, 5.41) is 1.70. The van der Waals surface area contributed by atoms with E-state index in [4.69, 9.17) is 4.74 Å². The first-order valence-corrected chi connectivity index (χ1v) is 6.45. The van der Waals surface area contributed by atoms with Gasteiger partial charge in [-0.1, -0.05) is 17.7 Å². The van der Waals surface area contributed by atoms with Gasteiger partial charge in [0.1, 0.15) is 5.75 Å². The molecule has 1 aromatic heterocycles. The monoisotopic (exact) mass is 265 g/mol. The van der Waals surface area contributed by atoms with E-state index in [1.165, 1.54) is 0 Å². The van der Waals surface area contributed by atoms with E-state index >= 15 is 0 Å². The maximum Gasteiger partial charge on any atom is 0.262 e. The third-order valence-electron chi connectivity index (χ3n) is 3.41. The van der Waals surface area contributed by atoms with E-state index < -0.39 is 0 Å². The quantitative estimate of drug-likeness (QED) is 0.712. The lowest BCUT2D eigenvalue weighted by molar-refractivity contribution is 0.414. The van der Waals surface area contributed by atoms with Crippen molar-refractivity contribution in [1.82, 2.24) is 4.57 Å². The molecule has 0 atom stereocenters. The fourth-order valence-electron chi connectivity index (χ4n) is 2.31. The third-order valence-corrected chi connectivity index (χ3v) is 3.41. The summed E-state index contributed by atoms with van der Waals surface area (Å²) >= 11 is 0. The van der Waals surface area contributed by atoms with Crippen LogP contribution in [-0.4, -0.2) is 11.7 Å². The number of aryl methyl sites for hydroxylation is 1. The molecule has 3 rings (SSSR count). The minimum absolute atomic E-state index is 0.00679. The number of benzene rings is 2. The summed E-state index contributed by atoms with van der Waals surface area (Å²) in [5.74, 6) is 0.776. The maximum absolute atomic E-state index is 12.5. The van der Waals surface area contributed by atoms with Crippen LogP contribution in [0, 0.1) is 6.92 Å². The van der Waals surface area contributed by atoms with Crippen molar-refractivity contribution >= 4 is 10.8 Å². The molecule has 0 radical (unpaired) electrons. The van der Waals surface area contributed by atoms with E-state index in [1.54, 1.807) is 11.7 Å². The van der Waals surface area contributed by atoms with Crippen molar-refractivity contribution in [1.29, 1.82) is 0 Å². The Labute approximate surface area is 117 Å². The highest BCUT2D eigenvalue weighted by Crippen LogP contribution is 2.16. The van der Waals surface area contributed by atoms with E-state index in [-0.39, 0.29) is 5.56 Å². The largest absolute Gasteiger partial charge is 0.497 e. The molecule has 100 valence electrons. The number of fused-ring (bicyclic) bond motifs is 1. The van der Waals surface area contributed by atoms with Gasteiger partial charge in [0, 0.05) is 17.3 Å². The van der Waals surface area contributed by atoms with E-state index in [1.807, 2.05) is 61.7 Å². The van der Waals surface area contributed by atoms with Crippen molar-refractivity contribution in [3.8, 4) is 11.4 Å². The molecule has 3 heteroatoms. The van der Waals surface area contributed by atoms with Gasteiger partial charge in [0.2, 0.25) is 0 Å². The number of hydrogen-bond acceptors (Lipinski definition) is 2. The van der Waals surface area contributed by atoms with Crippen LogP contribution >= 0.6 is 0 Å². The average Bonchev–Trinajstić information content (AvgIpc) is 2.48. The number of pyridine rings is 1. The molecule has 3 aromatic rings. The molecule has 0 spiro atoms. The number of ether oxygens (including phenoxy) is 1. The Hall–Kier alpha value is -2.55. The molecule has 0 aliphatic rings. The molecule has 0 N–H and O–H groups in total. The molecular formula is C17H15NO2. The molecule has 0 aliphatic carbocycles. The highest BCUT2D eigenvalue weighted by atomic mass is 16.5. The molecule has 0 fully saturated rings. The Morgan fingerprint density at radius 2 is 1.75 bits per heavy atom. The van der Waals surface area contributed by atoms with Crippen LogP contribution in [0.15, 0.2) is 59.5 Å². The Bertz CT molecular complexity index is 817. The van der Waals surface area contributed by atoms with Crippen LogP contribution < -0.4 is 10.3 Å². The van der Waals surface area contributed by atoms with Gasteiger partial charge in [-0.15, -0.1) is 0 Å². The predicted molar refractivity (Wildman–Crippen MR) is 80.8 cm³/mol. The van der Waals surface area contributed by atoms with Crippen LogP contribution in [0.25, 0.3) is 16.5 Å². The molecular weight excluding hydrogens is 250 g/mol. The number of nitrogens with zero attached hydrogens (tertiary/aromatic N) is 1. The molecule has 1 heterocycles. The van der Waals surface area contributed by atoms with Gasteiger partial charge in [0.05, 0.1) is 7.11 Å². The number of methoxy groups -OCH3 is 1. The fourth-order valence-corrected chi connectivity index (χ4v) is 2.31. The van der Waals surface area contributed by atoms with Gasteiger partial charge in [0.25, 0.3) is 5.56 Å². The fraction of sp³-hybridized carbons (Fsp3) is 0.118. The van der Waals surface area contributed by atoms with Gasteiger partial charge in [0.15, 0.2) is 0 Å². The highest BCUT2D eigenvalue weighted by Gasteiger charge is 2.04. The molecule has 0 saturated carbocycles. The summed E-state index contributed by atoms with van der Waals surface area (Å²) in [5.41, 5.74) is 1.98. The van der Waals surface area contributed by atoms with E-state index in [9.17, 15) is 4.79 Å². The van der Waals surface area contributed by atoms with Crippen LogP contribution in [0.5, 0.6) is 5.75 Å². The second kappa shape index (κ2) is 4.85. The van der Waals surface area contributed by atoms with Gasteiger partial charge >= 0.3 is 0 Å². The number of rotatable bonds is 2. The predicted octanol–water partition coefficient (Wildman–Crippen LogP) is 3.31. The summed E-state index contributed by atoms with van der Waals surface area (Å²) in [6.07, 6.45) is 1.81. The van der Waals surface area contributed by atoms with Crippen LogP contribution in [0.4, 0.5) is 0 Å². The van der Waals surface area contributed by atoms with Crippen molar-refractivity contribution in [3.63, 3.8) is 0 Å². The Morgan fingerprint density at radius 3 is 2.45 bits per heavy atom. The van der Waals surface area contributed by atoms with Crippen molar-refractivity contribution in [2.45, 2.75) is 6.92 Å². The minimum Gasteiger partial charge on any atom is -0.497 e. The Balaban J connectivity index is 2.18. The van der Waals surface area contributed by atoms with E-state index in [2.05, 4.69) is 0 Å². The van der Waals surface area contributed by atoms with Gasteiger partial charge in [-0.05, 0) is 48.7 Å². The summed E-state index contributed by atoms with van der Waals surface area (Å²) in [6, 6.07) is 15.3. The van der Waals surface area contributed by atoms with Crippen molar-refractivity contribution in [2.75, 3.05) is 7.11 Å². The highest BCUT2D eigenvalue weighted by molar-refractivity contribution is 5.82. The summed E-state index contributed by atoms with van der Waals surface area (Å²) < 4.78 is 6.78. The molecule has 0 saturated heterocycles. The van der Waals surface area contributed by atoms with Crippen molar-refractivity contribution in [2.24, 2.45) is 0 Å². The molecule has 20 heavy (non-hydrogen) atoms. The summed E-state index contributed by atoms with van der Waals surface area (Å²) in [4.78, 5) is 12.5. The summed E-state index contributed by atoms with van der Waals surface area (Å²) in [7, 11) is 1.62. The van der Waals surface area contributed by atoms with Gasteiger partial charge in [-0.3, -0.25) is 9.36 Å². The average molecular weight is 265 g/mol. The van der Waals surface area contributed by atoms with Crippen LogP contribution in [0.3, 0.4) is 0 Å². The lowest BCUT2D eigenvalue weighted by Gasteiger charge is -2.08. The molecule has 3 nitrogen and oxygen atoms in total. The third kappa shape index (κ3) is 2.07. The first kappa shape index (κ1) is 12.5. The molecule has 0 aliphatic heterocycles. The number of aromatic nitrogens is 1. The Kier molecular flexibility index (Phi) is 3.03. The van der Waals surface area contributed by atoms with Gasteiger partial charge < -0.3 is 4.74 Å². The Morgan fingerprint density at radius 1 is 1.00 bits per heavy atom. The normalized spacial score (nSPS) is 10.7. The van der Waals surface area contributed by atoms with Crippen LogP contribution in [-0.2, 0) is 0 Å². The first-order chi connectivity index (χ1) is 9.69.